The minimum atomic E-state index is -0.868. The Morgan fingerprint density at radius 2 is 1.97 bits per heavy atom. The number of piperazine rings is 1. The van der Waals surface area contributed by atoms with Crippen LogP contribution in [0.5, 0.6) is 0 Å². The van der Waals surface area contributed by atoms with Crippen LogP contribution in [-0.2, 0) is 4.79 Å². The number of carbonyl (C=O) groups excluding carboxylic acids is 1. The largest absolute Gasteiger partial charge is 0.346 e. The SMILES string of the molecule is N#Cc1ccc(-c2csc(N3CCN([C@@H]4CN[C@H](C(=O)N5CCC(F)C5)C4)CC3)n2)cc1. The molecule has 9 heteroatoms. The number of hydrogen-bond acceptors (Lipinski definition) is 7. The number of anilines is 1. The maximum absolute atomic E-state index is 13.5. The lowest BCUT2D eigenvalue weighted by atomic mass is 10.1. The zero-order chi connectivity index (χ0) is 22.1. The van der Waals surface area contributed by atoms with Gasteiger partial charge in [0.25, 0.3) is 0 Å². The molecule has 0 saturated carbocycles. The van der Waals surface area contributed by atoms with Gasteiger partial charge < -0.3 is 15.1 Å². The highest BCUT2D eigenvalue weighted by Crippen LogP contribution is 2.29. The smallest absolute Gasteiger partial charge is 0.239 e. The summed E-state index contributed by atoms with van der Waals surface area (Å²) in [7, 11) is 0. The second-order valence-corrected chi connectivity index (χ2v) is 9.58. The summed E-state index contributed by atoms with van der Waals surface area (Å²) < 4.78 is 13.5. The zero-order valence-electron chi connectivity index (χ0n) is 17.9. The van der Waals surface area contributed by atoms with Crippen molar-refractivity contribution in [3.8, 4) is 17.3 Å². The van der Waals surface area contributed by atoms with Gasteiger partial charge in [0.2, 0.25) is 5.91 Å². The van der Waals surface area contributed by atoms with Gasteiger partial charge in [0.05, 0.1) is 29.9 Å². The third kappa shape index (κ3) is 4.35. The number of likely N-dealkylation sites (tertiary alicyclic amines) is 1. The van der Waals surface area contributed by atoms with Crippen LogP contribution >= 0.6 is 11.3 Å². The van der Waals surface area contributed by atoms with Gasteiger partial charge in [0.1, 0.15) is 6.17 Å². The number of thiazole rings is 1. The summed E-state index contributed by atoms with van der Waals surface area (Å²) >= 11 is 1.65. The molecule has 3 fully saturated rings. The van der Waals surface area contributed by atoms with Crippen molar-refractivity contribution in [1.29, 1.82) is 5.26 Å². The molecule has 32 heavy (non-hydrogen) atoms. The minimum absolute atomic E-state index is 0.0596. The highest BCUT2D eigenvalue weighted by molar-refractivity contribution is 7.14. The Balaban J connectivity index is 1.14. The first kappa shape index (κ1) is 21.3. The first-order valence-electron chi connectivity index (χ1n) is 11.2. The summed E-state index contributed by atoms with van der Waals surface area (Å²) in [6, 6.07) is 9.83. The van der Waals surface area contributed by atoms with Crippen LogP contribution in [0.25, 0.3) is 11.3 Å². The number of aromatic nitrogens is 1. The van der Waals surface area contributed by atoms with Crippen molar-refractivity contribution >= 4 is 22.4 Å². The quantitative estimate of drug-likeness (QED) is 0.763. The number of alkyl halides is 1. The van der Waals surface area contributed by atoms with Crippen molar-refractivity contribution < 1.29 is 9.18 Å². The van der Waals surface area contributed by atoms with Crippen molar-refractivity contribution in [2.24, 2.45) is 0 Å². The molecular weight excluding hydrogens is 427 g/mol. The summed E-state index contributed by atoms with van der Waals surface area (Å²) in [6.45, 7) is 5.29. The second kappa shape index (κ2) is 9.14. The molecular formula is C23H27FN6OS. The summed E-state index contributed by atoms with van der Waals surface area (Å²) in [5.74, 6) is 0.0596. The van der Waals surface area contributed by atoms with E-state index in [0.29, 0.717) is 24.6 Å². The van der Waals surface area contributed by atoms with Crippen LogP contribution in [0.15, 0.2) is 29.6 Å². The van der Waals surface area contributed by atoms with Gasteiger partial charge >= 0.3 is 0 Å². The predicted molar refractivity (Wildman–Crippen MR) is 122 cm³/mol. The van der Waals surface area contributed by atoms with Crippen molar-refractivity contribution in [2.45, 2.75) is 31.1 Å². The summed E-state index contributed by atoms with van der Waals surface area (Å²) in [6.07, 6.45) is 0.396. The number of amides is 1. The number of hydrogen-bond donors (Lipinski definition) is 1. The van der Waals surface area contributed by atoms with E-state index < -0.39 is 6.17 Å². The Hall–Kier alpha value is -2.54. The predicted octanol–water partition coefficient (Wildman–Crippen LogP) is 2.10. The molecule has 5 rings (SSSR count). The maximum atomic E-state index is 13.5. The van der Waals surface area contributed by atoms with Crippen molar-refractivity contribution in [2.75, 3.05) is 50.7 Å². The molecule has 3 aliphatic rings. The monoisotopic (exact) mass is 454 g/mol. The van der Waals surface area contributed by atoms with Crippen LogP contribution < -0.4 is 10.2 Å². The van der Waals surface area contributed by atoms with E-state index >= 15 is 0 Å². The lowest BCUT2D eigenvalue weighted by Gasteiger charge is -2.37. The van der Waals surface area contributed by atoms with Crippen LogP contribution in [0.4, 0.5) is 9.52 Å². The molecule has 1 unspecified atom stereocenters. The van der Waals surface area contributed by atoms with Crippen molar-refractivity contribution in [1.82, 2.24) is 20.1 Å². The van der Waals surface area contributed by atoms with Crippen molar-refractivity contribution in [3.05, 3.63) is 35.2 Å². The number of rotatable bonds is 4. The molecule has 0 spiro atoms. The molecule has 1 aromatic heterocycles. The fourth-order valence-corrected chi connectivity index (χ4v) is 5.75. The molecule has 4 heterocycles. The summed E-state index contributed by atoms with van der Waals surface area (Å²) in [5.41, 5.74) is 2.61. The normalized spacial score (nSPS) is 26.4. The number of halogens is 1. The standard InChI is InChI=1S/C23H27FN6OS/c24-18-5-6-30(14-18)22(31)20-11-19(13-26-20)28-7-9-29(10-8-28)23-27-21(15-32-23)17-3-1-16(12-25)2-4-17/h1-4,15,18-20,26H,5-11,13-14H2/t18?,19-,20-/m0/s1. The van der Waals surface area contributed by atoms with E-state index in [1.54, 1.807) is 16.2 Å². The first-order chi connectivity index (χ1) is 15.6. The van der Waals surface area contributed by atoms with Crippen LogP contribution in [0.1, 0.15) is 18.4 Å². The van der Waals surface area contributed by atoms with E-state index in [1.807, 2.05) is 24.3 Å². The third-order valence-electron chi connectivity index (χ3n) is 6.75. The Kier molecular flexibility index (Phi) is 6.09. The zero-order valence-corrected chi connectivity index (χ0v) is 18.7. The van der Waals surface area contributed by atoms with Crippen LogP contribution in [0.3, 0.4) is 0 Å². The van der Waals surface area contributed by atoms with Gasteiger partial charge in [-0.3, -0.25) is 9.69 Å². The van der Waals surface area contributed by atoms with Gasteiger partial charge in [0.15, 0.2) is 5.13 Å². The van der Waals surface area contributed by atoms with Crippen LogP contribution in [0.2, 0.25) is 0 Å². The second-order valence-electron chi connectivity index (χ2n) is 8.75. The van der Waals surface area contributed by atoms with E-state index in [4.69, 9.17) is 10.2 Å². The van der Waals surface area contributed by atoms with Gasteiger partial charge in [-0.2, -0.15) is 5.26 Å². The van der Waals surface area contributed by atoms with E-state index in [1.165, 1.54) is 0 Å². The highest BCUT2D eigenvalue weighted by atomic mass is 32.1. The molecule has 3 saturated heterocycles. The molecule has 3 aliphatic heterocycles. The number of benzene rings is 1. The highest BCUT2D eigenvalue weighted by Gasteiger charge is 2.38. The van der Waals surface area contributed by atoms with Crippen molar-refractivity contribution in [3.63, 3.8) is 0 Å². The lowest BCUT2D eigenvalue weighted by Crippen LogP contribution is -2.51. The molecule has 1 N–H and O–H groups in total. The Morgan fingerprint density at radius 3 is 2.66 bits per heavy atom. The van der Waals surface area contributed by atoms with E-state index in [0.717, 1.165) is 55.5 Å². The molecule has 2 aromatic rings. The molecule has 0 aliphatic carbocycles. The van der Waals surface area contributed by atoms with E-state index in [9.17, 15) is 9.18 Å². The fourth-order valence-electron chi connectivity index (χ4n) is 4.86. The minimum Gasteiger partial charge on any atom is -0.346 e. The van der Waals surface area contributed by atoms with Gasteiger partial charge in [-0.05, 0) is 25.0 Å². The third-order valence-corrected chi connectivity index (χ3v) is 7.65. The maximum Gasteiger partial charge on any atom is 0.239 e. The van der Waals surface area contributed by atoms with Gasteiger partial charge in [-0.1, -0.05) is 12.1 Å². The van der Waals surface area contributed by atoms with Crippen LogP contribution in [0, 0.1) is 11.3 Å². The molecule has 3 atom stereocenters. The molecule has 1 aromatic carbocycles. The van der Waals surface area contributed by atoms with Gasteiger partial charge in [-0.25, -0.2) is 9.37 Å². The average Bonchev–Trinajstić information content (AvgIpc) is 3.60. The molecule has 0 radical (unpaired) electrons. The Labute approximate surface area is 191 Å². The number of nitriles is 1. The van der Waals surface area contributed by atoms with E-state index in [2.05, 4.69) is 26.6 Å². The molecule has 168 valence electrons. The molecule has 1 amide bonds. The van der Waals surface area contributed by atoms with Crippen LogP contribution in [-0.4, -0.2) is 84.8 Å². The fraction of sp³-hybridized carbons (Fsp3) is 0.522. The first-order valence-corrected chi connectivity index (χ1v) is 12.1. The number of carbonyl (C=O) groups is 1. The number of nitrogens with one attached hydrogen (secondary N) is 1. The Morgan fingerprint density at radius 1 is 1.19 bits per heavy atom. The van der Waals surface area contributed by atoms with Gasteiger partial charge in [0, 0.05) is 56.3 Å². The lowest BCUT2D eigenvalue weighted by molar-refractivity contribution is -0.132. The topological polar surface area (TPSA) is 75.5 Å². The molecule has 7 nitrogen and oxygen atoms in total. The summed E-state index contributed by atoms with van der Waals surface area (Å²) in [4.78, 5) is 23.9. The summed E-state index contributed by atoms with van der Waals surface area (Å²) in [5, 5.41) is 15.4. The van der Waals surface area contributed by atoms with Gasteiger partial charge in [-0.15, -0.1) is 11.3 Å². The molecule has 0 bridgehead atoms. The Bertz CT molecular complexity index is 997. The van der Waals surface area contributed by atoms with E-state index in [-0.39, 0.29) is 18.5 Å². The number of nitrogens with zero attached hydrogens (tertiary/aromatic N) is 5. The average molecular weight is 455 g/mol.